The van der Waals surface area contributed by atoms with E-state index in [4.69, 9.17) is 0 Å². The van der Waals surface area contributed by atoms with Gasteiger partial charge in [-0.2, -0.15) is 0 Å². The highest BCUT2D eigenvalue weighted by atomic mass is 16.3. The van der Waals surface area contributed by atoms with Gasteiger partial charge in [-0.3, -0.25) is 0 Å². The molecule has 1 aliphatic carbocycles. The SMILES string of the molecule is CCNC1(CO)CCCC1CCN1CCCC(N(C)C)C1. The maximum absolute atomic E-state index is 9.89. The van der Waals surface area contributed by atoms with Crippen LogP contribution in [0.2, 0.25) is 0 Å². The fourth-order valence-electron chi connectivity index (χ4n) is 4.41. The Hall–Kier alpha value is -0.160. The van der Waals surface area contributed by atoms with E-state index in [0.717, 1.165) is 19.0 Å². The van der Waals surface area contributed by atoms with Crippen molar-refractivity contribution < 1.29 is 5.11 Å². The molecule has 0 amide bonds. The third kappa shape index (κ3) is 4.19. The maximum atomic E-state index is 9.89. The first kappa shape index (κ1) is 17.2. The Balaban J connectivity index is 1.84. The summed E-state index contributed by atoms with van der Waals surface area (Å²) < 4.78 is 0. The van der Waals surface area contributed by atoms with Gasteiger partial charge in [0, 0.05) is 18.1 Å². The molecule has 1 heterocycles. The van der Waals surface area contributed by atoms with Gasteiger partial charge in [0.25, 0.3) is 0 Å². The largest absolute Gasteiger partial charge is 0.394 e. The topological polar surface area (TPSA) is 38.7 Å². The third-order valence-corrected chi connectivity index (χ3v) is 5.77. The van der Waals surface area contributed by atoms with Crippen LogP contribution in [0.15, 0.2) is 0 Å². The molecule has 2 fully saturated rings. The van der Waals surface area contributed by atoms with Crippen LogP contribution in [-0.2, 0) is 0 Å². The smallest absolute Gasteiger partial charge is 0.0616 e. The van der Waals surface area contributed by atoms with Crippen molar-refractivity contribution in [2.24, 2.45) is 5.92 Å². The highest BCUT2D eigenvalue weighted by Crippen LogP contribution is 2.37. The predicted molar refractivity (Wildman–Crippen MR) is 88.6 cm³/mol. The maximum Gasteiger partial charge on any atom is 0.0616 e. The standard InChI is InChI=1S/C17H35N3O/c1-4-18-17(14-21)10-5-7-15(17)9-12-20-11-6-8-16(13-20)19(2)3/h15-16,18,21H,4-14H2,1-3H3. The van der Waals surface area contributed by atoms with Crippen molar-refractivity contribution in [1.29, 1.82) is 0 Å². The van der Waals surface area contributed by atoms with E-state index in [9.17, 15) is 5.11 Å². The fourth-order valence-corrected chi connectivity index (χ4v) is 4.41. The van der Waals surface area contributed by atoms with Crippen LogP contribution in [0.4, 0.5) is 0 Å². The molecule has 0 aromatic rings. The number of hydrogen-bond acceptors (Lipinski definition) is 4. The Labute approximate surface area is 130 Å². The summed E-state index contributed by atoms with van der Waals surface area (Å²) in [5.41, 5.74) is 0.00544. The number of rotatable bonds is 7. The number of piperidine rings is 1. The number of nitrogens with zero attached hydrogens (tertiary/aromatic N) is 2. The highest BCUT2D eigenvalue weighted by molar-refractivity contribution is 4.99. The summed E-state index contributed by atoms with van der Waals surface area (Å²) in [4.78, 5) is 5.01. The van der Waals surface area contributed by atoms with Crippen molar-refractivity contribution in [2.75, 3.05) is 46.9 Å². The van der Waals surface area contributed by atoms with E-state index in [1.807, 2.05) is 0 Å². The van der Waals surface area contributed by atoms with Gasteiger partial charge in [0.2, 0.25) is 0 Å². The monoisotopic (exact) mass is 297 g/mol. The summed E-state index contributed by atoms with van der Waals surface area (Å²) in [6.45, 7) is 7.08. The van der Waals surface area contributed by atoms with Gasteiger partial charge in [0.15, 0.2) is 0 Å². The number of nitrogens with one attached hydrogen (secondary N) is 1. The summed E-state index contributed by atoms with van der Waals surface area (Å²) in [7, 11) is 4.40. The molecular weight excluding hydrogens is 262 g/mol. The Morgan fingerprint density at radius 1 is 1.29 bits per heavy atom. The number of likely N-dealkylation sites (tertiary alicyclic amines) is 1. The minimum Gasteiger partial charge on any atom is -0.394 e. The van der Waals surface area contributed by atoms with Crippen molar-refractivity contribution >= 4 is 0 Å². The van der Waals surface area contributed by atoms with Gasteiger partial charge in [-0.25, -0.2) is 0 Å². The van der Waals surface area contributed by atoms with E-state index in [0.29, 0.717) is 12.5 Å². The van der Waals surface area contributed by atoms with E-state index in [-0.39, 0.29) is 5.54 Å². The molecule has 21 heavy (non-hydrogen) atoms. The number of aliphatic hydroxyl groups excluding tert-OH is 1. The van der Waals surface area contributed by atoms with Crippen LogP contribution in [0, 0.1) is 5.92 Å². The van der Waals surface area contributed by atoms with Crippen LogP contribution in [0.5, 0.6) is 0 Å². The zero-order valence-electron chi connectivity index (χ0n) is 14.3. The quantitative estimate of drug-likeness (QED) is 0.748. The summed E-state index contributed by atoms with van der Waals surface area (Å²) >= 11 is 0. The molecule has 124 valence electrons. The van der Waals surface area contributed by atoms with Crippen LogP contribution >= 0.6 is 0 Å². The average molecular weight is 297 g/mol. The molecule has 4 heteroatoms. The summed E-state index contributed by atoms with van der Waals surface area (Å²) in [6.07, 6.45) is 7.57. The molecule has 1 saturated carbocycles. The summed E-state index contributed by atoms with van der Waals surface area (Å²) in [5, 5.41) is 13.5. The first-order chi connectivity index (χ1) is 10.1. The van der Waals surface area contributed by atoms with Crippen LogP contribution in [0.25, 0.3) is 0 Å². The van der Waals surface area contributed by atoms with Gasteiger partial charge < -0.3 is 20.2 Å². The first-order valence-electron chi connectivity index (χ1n) is 8.86. The highest BCUT2D eigenvalue weighted by Gasteiger charge is 2.41. The van der Waals surface area contributed by atoms with Crippen molar-refractivity contribution in [2.45, 2.75) is 57.0 Å². The second kappa shape index (κ2) is 7.91. The predicted octanol–water partition coefficient (Wildman–Crippen LogP) is 1.54. The Morgan fingerprint density at radius 3 is 2.76 bits per heavy atom. The molecule has 2 aliphatic rings. The van der Waals surface area contributed by atoms with Gasteiger partial charge >= 0.3 is 0 Å². The van der Waals surface area contributed by atoms with E-state index in [1.54, 1.807) is 0 Å². The number of likely N-dealkylation sites (N-methyl/N-ethyl adjacent to an activating group) is 2. The van der Waals surface area contributed by atoms with Gasteiger partial charge in [-0.15, -0.1) is 0 Å². The lowest BCUT2D eigenvalue weighted by Gasteiger charge is -2.39. The number of aliphatic hydroxyl groups is 1. The Kier molecular flexibility index (Phi) is 6.48. The van der Waals surface area contributed by atoms with Gasteiger partial charge in [0.05, 0.1) is 6.61 Å². The molecule has 0 radical (unpaired) electrons. The molecule has 2 N–H and O–H groups in total. The Morgan fingerprint density at radius 2 is 2.10 bits per heavy atom. The Bertz CT molecular complexity index is 310. The van der Waals surface area contributed by atoms with E-state index < -0.39 is 0 Å². The molecule has 0 spiro atoms. The van der Waals surface area contributed by atoms with E-state index in [2.05, 4.69) is 36.1 Å². The zero-order chi connectivity index (χ0) is 15.3. The third-order valence-electron chi connectivity index (χ3n) is 5.77. The lowest BCUT2D eigenvalue weighted by Crippen LogP contribution is -2.52. The lowest BCUT2D eigenvalue weighted by atomic mass is 9.85. The van der Waals surface area contributed by atoms with Crippen LogP contribution < -0.4 is 5.32 Å². The lowest BCUT2D eigenvalue weighted by molar-refractivity contribution is 0.0957. The molecule has 1 saturated heterocycles. The van der Waals surface area contributed by atoms with E-state index >= 15 is 0 Å². The molecule has 3 atom stereocenters. The molecule has 3 unspecified atom stereocenters. The zero-order valence-corrected chi connectivity index (χ0v) is 14.3. The molecule has 4 nitrogen and oxygen atoms in total. The second-order valence-electron chi connectivity index (χ2n) is 7.28. The van der Waals surface area contributed by atoms with Crippen LogP contribution in [0.3, 0.4) is 0 Å². The summed E-state index contributed by atoms with van der Waals surface area (Å²) in [6, 6.07) is 0.721. The minimum absolute atomic E-state index is 0.00544. The van der Waals surface area contributed by atoms with Gasteiger partial charge in [0.1, 0.15) is 0 Å². The van der Waals surface area contributed by atoms with Crippen molar-refractivity contribution in [3.63, 3.8) is 0 Å². The molecule has 0 bridgehead atoms. The molecule has 1 aliphatic heterocycles. The van der Waals surface area contributed by atoms with Crippen LogP contribution in [-0.4, -0.2) is 73.4 Å². The van der Waals surface area contributed by atoms with Crippen molar-refractivity contribution in [1.82, 2.24) is 15.1 Å². The van der Waals surface area contributed by atoms with Gasteiger partial charge in [-0.1, -0.05) is 13.3 Å². The molecular formula is C17H35N3O. The number of hydrogen-bond donors (Lipinski definition) is 2. The minimum atomic E-state index is 0.00544. The van der Waals surface area contributed by atoms with Crippen molar-refractivity contribution in [3.8, 4) is 0 Å². The van der Waals surface area contributed by atoms with Gasteiger partial charge in [-0.05, 0) is 71.8 Å². The van der Waals surface area contributed by atoms with Crippen molar-refractivity contribution in [3.05, 3.63) is 0 Å². The second-order valence-corrected chi connectivity index (χ2v) is 7.28. The average Bonchev–Trinajstić information content (AvgIpc) is 2.89. The first-order valence-corrected chi connectivity index (χ1v) is 8.86. The summed E-state index contributed by atoms with van der Waals surface area (Å²) in [5.74, 6) is 0.641. The van der Waals surface area contributed by atoms with E-state index in [1.165, 1.54) is 51.7 Å². The molecule has 0 aromatic heterocycles. The normalized spacial score (nSPS) is 34.7. The fraction of sp³-hybridized carbons (Fsp3) is 1.00. The molecule has 2 rings (SSSR count). The van der Waals surface area contributed by atoms with Crippen LogP contribution in [0.1, 0.15) is 45.4 Å². The molecule has 0 aromatic carbocycles.